The highest BCUT2D eigenvalue weighted by molar-refractivity contribution is 5.42. The number of aryl methyl sites for hydroxylation is 1. The number of nitrogens with one attached hydrogen (secondary N) is 2. The Hall–Kier alpha value is -1.32. The molecular formula is C14H26N4. The lowest BCUT2D eigenvalue weighted by Crippen LogP contribution is -2.20. The van der Waals surface area contributed by atoms with Crippen molar-refractivity contribution in [2.24, 2.45) is 0 Å². The van der Waals surface area contributed by atoms with E-state index in [0.29, 0.717) is 12.0 Å². The van der Waals surface area contributed by atoms with E-state index in [1.54, 1.807) is 0 Å². The number of anilines is 2. The van der Waals surface area contributed by atoms with Gasteiger partial charge in [0.25, 0.3) is 0 Å². The second kappa shape index (κ2) is 7.90. The lowest BCUT2D eigenvalue weighted by molar-refractivity contribution is 0.563. The smallest absolute Gasteiger partial charge is 0.224 e. The van der Waals surface area contributed by atoms with Crippen LogP contribution in [0.2, 0.25) is 0 Å². The van der Waals surface area contributed by atoms with Crippen LogP contribution < -0.4 is 10.6 Å². The molecule has 0 aliphatic carbocycles. The summed E-state index contributed by atoms with van der Waals surface area (Å²) in [4.78, 5) is 8.75. The van der Waals surface area contributed by atoms with Crippen LogP contribution in [-0.4, -0.2) is 23.1 Å². The van der Waals surface area contributed by atoms with Crippen molar-refractivity contribution in [3.63, 3.8) is 0 Å². The standard InChI is InChI=1S/C14H26N4/c1-5-7-9-12(8-6-2)17-13-10-11(3)16-14(15-4)18-13/h10,12H,5-9H2,1-4H3,(H2,15,16,17,18). The zero-order valence-corrected chi connectivity index (χ0v) is 12.1. The molecule has 1 rings (SSSR count). The molecule has 1 aromatic heterocycles. The van der Waals surface area contributed by atoms with Crippen LogP contribution in [0, 0.1) is 6.92 Å². The van der Waals surface area contributed by atoms with Gasteiger partial charge in [0.2, 0.25) is 5.95 Å². The highest BCUT2D eigenvalue weighted by atomic mass is 15.1. The molecule has 4 nitrogen and oxygen atoms in total. The zero-order chi connectivity index (χ0) is 13.4. The second-order valence-corrected chi connectivity index (χ2v) is 4.74. The van der Waals surface area contributed by atoms with Crippen LogP contribution in [0.5, 0.6) is 0 Å². The Morgan fingerprint density at radius 1 is 1.17 bits per heavy atom. The van der Waals surface area contributed by atoms with E-state index in [0.717, 1.165) is 11.5 Å². The molecule has 0 amide bonds. The van der Waals surface area contributed by atoms with Crippen molar-refractivity contribution in [1.29, 1.82) is 0 Å². The Balaban J connectivity index is 2.69. The molecule has 0 spiro atoms. The van der Waals surface area contributed by atoms with Gasteiger partial charge in [0.05, 0.1) is 0 Å². The quantitative estimate of drug-likeness (QED) is 0.740. The van der Waals surface area contributed by atoms with Crippen molar-refractivity contribution in [3.8, 4) is 0 Å². The van der Waals surface area contributed by atoms with Gasteiger partial charge >= 0.3 is 0 Å². The minimum Gasteiger partial charge on any atom is -0.367 e. The van der Waals surface area contributed by atoms with Gasteiger partial charge in [0, 0.05) is 24.8 Å². The first-order valence-electron chi connectivity index (χ1n) is 6.99. The van der Waals surface area contributed by atoms with Crippen LogP contribution in [0.15, 0.2) is 6.07 Å². The fourth-order valence-corrected chi connectivity index (χ4v) is 2.05. The Morgan fingerprint density at radius 3 is 2.56 bits per heavy atom. The molecule has 0 saturated heterocycles. The molecule has 1 aromatic rings. The van der Waals surface area contributed by atoms with Crippen LogP contribution in [0.25, 0.3) is 0 Å². The molecule has 2 N–H and O–H groups in total. The van der Waals surface area contributed by atoms with E-state index in [9.17, 15) is 0 Å². The normalized spacial score (nSPS) is 12.2. The number of nitrogens with zero attached hydrogens (tertiary/aromatic N) is 2. The van der Waals surface area contributed by atoms with Gasteiger partial charge in [-0.05, 0) is 19.8 Å². The van der Waals surface area contributed by atoms with Gasteiger partial charge in [-0.25, -0.2) is 4.98 Å². The van der Waals surface area contributed by atoms with Crippen LogP contribution in [-0.2, 0) is 0 Å². The summed E-state index contributed by atoms with van der Waals surface area (Å²) in [6.45, 7) is 6.45. The number of unbranched alkanes of at least 4 members (excludes halogenated alkanes) is 1. The minimum absolute atomic E-state index is 0.522. The molecule has 0 aliphatic rings. The Kier molecular flexibility index (Phi) is 6.47. The molecular weight excluding hydrogens is 224 g/mol. The second-order valence-electron chi connectivity index (χ2n) is 4.74. The highest BCUT2D eigenvalue weighted by Crippen LogP contribution is 2.15. The zero-order valence-electron chi connectivity index (χ0n) is 12.1. The SMILES string of the molecule is CCCCC(CCC)Nc1cc(C)nc(NC)n1. The summed E-state index contributed by atoms with van der Waals surface area (Å²) < 4.78 is 0. The van der Waals surface area contributed by atoms with Gasteiger partial charge < -0.3 is 10.6 Å². The Bertz CT molecular complexity index is 352. The van der Waals surface area contributed by atoms with Crippen LogP contribution in [0.3, 0.4) is 0 Å². The van der Waals surface area contributed by atoms with E-state index in [4.69, 9.17) is 0 Å². The summed E-state index contributed by atoms with van der Waals surface area (Å²) in [7, 11) is 1.85. The van der Waals surface area contributed by atoms with Crippen LogP contribution in [0.4, 0.5) is 11.8 Å². The van der Waals surface area contributed by atoms with Crippen molar-refractivity contribution in [2.75, 3.05) is 17.7 Å². The molecule has 102 valence electrons. The number of hydrogen-bond acceptors (Lipinski definition) is 4. The fourth-order valence-electron chi connectivity index (χ4n) is 2.05. The molecule has 1 unspecified atom stereocenters. The van der Waals surface area contributed by atoms with Crippen LogP contribution in [0.1, 0.15) is 51.6 Å². The third-order valence-electron chi connectivity index (χ3n) is 2.97. The summed E-state index contributed by atoms with van der Waals surface area (Å²) >= 11 is 0. The largest absolute Gasteiger partial charge is 0.367 e. The van der Waals surface area contributed by atoms with Gasteiger partial charge in [0.15, 0.2) is 0 Å². The summed E-state index contributed by atoms with van der Waals surface area (Å²) in [6, 6.07) is 2.53. The van der Waals surface area contributed by atoms with Crippen molar-refractivity contribution in [1.82, 2.24) is 9.97 Å². The molecule has 18 heavy (non-hydrogen) atoms. The topological polar surface area (TPSA) is 49.8 Å². The first-order chi connectivity index (χ1) is 8.69. The molecule has 0 bridgehead atoms. The molecule has 0 saturated carbocycles. The maximum atomic E-state index is 4.45. The van der Waals surface area contributed by atoms with E-state index >= 15 is 0 Å². The summed E-state index contributed by atoms with van der Waals surface area (Å²) in [5.41, 5.74) is 0.989. The van der Waals surface area contributed by atoms with Gasteiger partial charge in [-0.2, -0.15) is 4.98 Å². The van der Waals surface area contributed by atoms with E-state index in [1.165, 1.54) is 32.1 Å². The molecule has 0 aromatic carbocycles. The predicted octanol–water partition coefficient (Wildman–Crippen LogP) is 3.60. The first kappa shape index (κ1) is 14.7. The Labute approximate surface area is 111 Å². The van der Waals surface area contributed by atoms with Crippen LogP contribution >= 0.6 is 0 Å². The molecule has 0 aliphatic heterocycles. The third kappa shape index (κ3) is 4.90. The monoisotopic (exact) mass is 250 g/mol. The Morgan fingerprint density at radius 2 is 1.94 bits per heavy atom. The van der Waals surface area contributed by atoms with Crippen molar-refractivity contribution in [3.05, 3.63) is 11.8 Å². The van der Waals surface area contributed by atoms with Crippen molar-refractivity contribution >= 4 is 11.8 Å². The fraction of sp³-hybridized carbons (Fsp3) is 0.714. The van der Waals surface area contributed by atoms with Crippen molar-refractivity contribution < 1.29 is 0 Å². The third-order valence-corrected chi connectivity index (χ3v) is 2.97. The average Bonchev–Trinajstić information content (AvgIpc) is 2.35. The number of aromatic nitrogens is 2. The summed E-state index contributed by atoms with van der Waals surface area (Å²) in [5.74, 6) is 1.62. The van der Waals surface area contributed by atoms with E-state index < -0.39 is 0 Å². The van der Waals surface area contributed by atoms with Gasteiger partial charge in [-0.15, -0.1) is 0 Å². The van der Waals surface area contributed by atoms with Gasteiger partial charge in [0.1, 0.15) is 5.82 Å². The molecule has 0 radical (unpaired) electrons. The molecule has 1 heterocycles. The lowest BCUT2D eigenvalue weighted by atomic mass is 10.1. The maximum Gasteiger partial charge on any atom is 0.224 e. The van der Waals surface area contributed by atoms with Gasteiger partial charge in [-0.1, -0.05) is 33.1 Å². The molecule has 4 heteroatoms. The summed E-state index contributed by atoms with van der Waals surface area (Å²) in [5, 5.41) is 6.53. The maximum absolute atomic E-state index is 4.45. The minimum atomic E-state index is 0.522. The number of hydrogen-bond donors (Lipinski definition) is 2. The van der Waals surface area contributed by atoms with Crippen molar-refractivity contribution in [2.45, 2.75) is 58.9 Å². The number of rotatable bonds is 8. The van der Waals surface area contributed by atoms with E-state index in [1.807, 2.05) is 20.0 Å². The molecule has 1 atom stereocenters. The van der Waals surface area contributed by atoms with E-state index in [-0.39, 0.29) is 0 Å². The molecule has 0 fully saturated rings. The summed E-state index contributed by atoms with van der Waals surface area (Å²) in [6.07, 6.45) is 6.11. The predicted molar refractivity (Wildman–Crippen MR) is 78.2 cm³/mol. The van der Waals surface area contributed by atoms with E-state index in [2.05, 4.69) is 34.4 Å². The first-order valence-corrected chi connectivity index (χ1v) is 6.99. The van der Waals surface area contributed by atoms with Gasteiger partial charge in [-0.3, -0.25) is 0 Å². The lowest BCUT2D eigenvalue weighted by Gasteiger charge is -2.19. The highest BCUT2D eigenvalue weighted by Gasteiger charge is 2.09. The average molecular weight is 250 g/mol.